The van der Waals surface area contributed by atoms with Gasteiger partial charge in [0.05, 0.1) is 6.42 Å². The second-order valence-electron chi connectivity index (χ2n) is 6.06. The molecular weight excluding hydrogens is 320 g/mol. The van der Waals surface area contributed by atoms with E-state index in [4.69, 9.17) is 4.84 Å². The lowest BCUT2D eigenvalue weighted by atomic mass is 10.1. The molecule has 0 radical (unpaired) electrons. The molecule has 1 saturated heterocycles. The van der Waals surface area contributed by atoms with E-state index in [1.807, 2.05) is 36.4 Å². The highest BCUT2D eigenvalue weighted by atomic mass is 16.7. The van der Waals surface area contributed by atoms with Crippen LogP contribution in [-0.4, -0.2) is 27.8 Å². The number of fused-ring (bicyclic) bond motifs is 3. The number of rotatable bonds is 4. The van der Waals surface area contributed by atoms with Gasteiger partial charge in [-0.1, -0.05) is 36.4 Å². The number of nitrogens with zero attached hydrogens (tertiary/aromatic N) is 1. The second kappa shape index (κ2) is 6.05. The molecule has 25 heavy (non-hydrogen) atoms. The Hall–Kier alpha value is -3.15. The fraction of sp³-hybridized carbons (Fsp3) is 0.211. The maximum Gasteiger partial charge on any atom is 0.333 e. The van der Waals surface area contributed by atoms with Crippen LogP contribution >= 0.6 is 0 Å². The minimum Gasteiger partial charge on any atom is -0.354 e. The smallest absolute Gasteiger partial charge is 0.333 e. The van der Waals surface area contributed by atoms with Crippen molar-refractivity contribution in [2.24, 2.45) is 0 Å². The summed E-state index contributed by atoms with van der Waals surface area (Å²) in [6.07, 6.45) is 0.742. The molecule has 0 aliphatic carbocycles. The maximum atomic E-state index is 12.0. The molecule has 2 amide bonds. The molecule has 1 fully saturated rings. The summed E-state index contributed by atoms with van der Waals surface area (Å²) in [6, 6.07) is 14.0. The number of hydrogen-bond acceptors (Lipinski definition) is 4. The van der Waals surface area contributed by atoms with Crippen LogP contribution in [0.25, 0.3) is 21.8 Å². The van der Waals surface area contributed by atoms with E-state index in [-0.39, 0.29) is 19.3 Å². The van der Waals surface area contributed by atoms with E-state index in [9.17, 15) is 14.4 Å². The molecule has 0 saturated carbocycles. The predicted molar refractivity (Wildman–Crippen MR) is 91.3 cm³/mol. The minimum atomic E-state index is -0.586. The lowest BCUT2D eigenvalue weighted by Crippen LogP contribution is -2.32. The first-order valence-electron chi connectivity index (χ1n) is 8.18. The van der Waals surface area contributed by atoms with E-state index in [1.165, 1.54) is 0 Å². The number of amides is 2. The Morgan fingerprint density at radius 3 is 2.52 bits per heavy atom. The Kier molecular flexibility index (Phi) is 3.72. The number of carbonyl (C=O) groups excluding carboxylic acids is 3. The number of aromatic amines is 1. The highest BCUT2D eigenvalue weighted by molar-refractivity contribution is 6.08. The first-order chi connectivity index (χ1) is 12.1. The van der Waals surface area contributed by atoms with Crippen LogP contribution in [0.2, 0.25) is 0 Å². The van der Waals surface area contributed by atoms with Crippen molar-refractivity contribution in [2.45, 2.75) is 25.7 Å². The van der Waals surface area contributed by atoms with Crippen molar-refractivity contribution in [2.75, 3.05) is 0 Å². The molecule has 6 nitrogen and oxygen atoms in total. The number of imide groups is 1. The van der Waals surface area contributed by atoms with Crippen molar-refractivity contribution >= 4 is 39.6 Å². The van der Waals surface area contributed by atoms with Crippen LogP contribution < -0.4 is 0 Å². The number of aromatic nitrogens is 1. The van der Waals surface area contributed by atoms with Gasteiger partial charge in [-0.3, -0.25) is 9.59 Å². The summed E-state index contributed by atoms with van der Waals surface area (Å²) < 4.78 is 0. The van der Waals surface area contributed by atoms with Gasteiger partial charge in [-0.25, -0.2) is 4.79 Å². The number of benzene rings is 2. The van der Waals surface area contributed by atoms with E-state index in [0.717, 1.165) is 27.4 Å². The summed E-state index contributed by atoms with van der Waals surface area (Å²) >= 11 is 0. The van der Waals surface area contributed by atoms with Crippen LogP contribution in [0, 0.1) is 0 Å². The van der Waals surface area contributed by atoms with E-state index < -0.39 is 17.8 Å². The molecule has 4 rings (SSSR count). The predicted octanol–water partition coefficient (Wildman–Crippen LogP) is 2.86. The van der Waals surface area contributed by atoms with Gasteiger partial charge in [0.1, 0.15) is 0 Å². The van der Waals surface area contributed by atoms with Gasteiger partial charge in [-0.05, 0) is 18.1 Å². The Labute approximate surface area is 143 Å². The fourth-order valence-electron chi connectivity index (χ4n) is 3.18. The molecule has 2 aromatic carbocycles. The summed E-state index contributed by atoms with van der Waals surface area (Å²) in [6.45, 7) is 0. The van der Waals surface area contributed by atoms with E-state index in [1.54, 1.807) is 0 Å². The molecule has 0 unspecified atom stereocenters. The molecule has 1 N–H and O–H groups in total. The highest BCUT2D eigenvalue weighted by Crippen LogP contribution is 2.28. The Bertz CT molecular complexity index is 989. The van der Waals surface area contributed by atoms with Crippen LogP contribution in [-0.2, 0) is 25.6 Å². The Balaban J connectivity index is 1.52. The topological polar surface area (TPSA) is 79.5 Å². The quantitative estimate of drug-likeness (QED) is 0.743. The first kappa shape index (κ1) is 15.4. The fourth-order valence-corrected chi connectivity index (χ4v) is 3.18. The Morgan fingerprint density at radius 2 is 1.72 bits per heavy atom. The standard InChI is InChI=1S/C19H16N2O4/c22-16-9-10-17(23)21(16)25-18(24)11-8-12-4-3-6-14-13-5-1-2-7-15(13)20-19(12)14/h1-7,20H,8-11H2. The molecule has 126 valence electrons. The molecular formula is C19H16N2O4. The number of hydroxylamine groups is 2. The van der Waals surface area contributed by atoms with E-state index >= 15 is 0 Å². The third-order valence-corrected chi connectivity index (χ3v) is 4.42. The molecule has 1 aliphatic heterocycles. The van der Waals surface area contributed by atoms with Crippen molar-refractivity contribution < 1.29 is 19.2 Å². The van der Waals surface area contributed by atoms with Crippen molar-refractivity contribution in [1.29, 1.82) is 0 Å². The zero-order chi connectivity index (χ0) is 17.4. The van der Waals surface area contributed by atoms with Crippen LogP contribution in [0.1, 0.15) is 24.8 Å². The van der Waals surface area contributed by atoms with Gasteiger partial charge in [-0.2, -0.15) is 0 Å². The molecule has 0 bridgehead atoms. The largest absolute Gasteiger partial charge is 0.354 e. The van der Waals surface area contributed by atoms with Gasteiger partial charge in [0, 0.05) is 34.6 Å². The molecule has 3 aromatic rings. The lowest BCUT2D eigenvalue weighted by Gasteiger charge is -2.12. The van der Waals surface area contributed by atoms with Crippen LogP contribution in [0.15, 0.2) is 42.5 Å². The number of aryl methyl sites for hydroxylation is 1. The number of carbonyl (C=O) groups is 3. The van der Waals surface area contributed by atoms with Gasteiger partial charge in [0.25, 0.3) is 11.8 Å². The van der Waals surface area contributed by atoms with Crippen molar-refractivity contribution in [3.63, 3.8) is 0 Å². The SMILES string of the molecule is O=C(CCc1cccc2c1[nH]c1ccccc12)ON1C(=O)CCC1=O. The van der Waals surface area contributed by atoms with Crippen LogP contribution in [0.4, 0.5) is 0 Å². The summed E-state index contributed by atoms with van der Waals surface area (Å²) in [5.74, 6) is -1.51. The number of nitrogens with one attached hydrogen (secondary N) is 1. The molecule has 1 aliphatic rings. The monoisotopic (exact) mass is 336 g/mol. The Morgan fingerprint density at radius 1 is 1.00 bits per heavy atom. The number of hydrogen-bond donors (Lipinski definition) is 1. The van der Waals surface area contributed by atoms with Gasteiger partial charge >= 0.3 is 5.97 Å². The molecule has 0 spiro atoms. The summed E-state index contributed by atoms with van der Waals surface area (Å²) in [5.41, 5.74) is 3.02. The third-order valence-electron chi connectivity index (χ3n) is 4.42. The van der Waals surface area contributed by atoms with Gasteiger partial charge in [0.2, 0.25) is 0 Å². The summed E-state index contributed by atoms with van der Waals surface area (Å²) in [4.78, 5) is 43.3. The summed E-state index contributed by atoms with van der Waals surface area (Å²) in [5, 5.41) is 2.83. The van der Waals surface area contributed by atoms with E-state index in [2.05, 4.69) is 11.1 Å². The van der Waals surface area contributed by atoms with Crippen LogP contribution in [0.3, 0.4) is 0 Å². The minimum absolute atomic E-state index is 0.0888. The number of H-pyrrole nitrogens is 1. The molecule has 1 aromatic heterocycles. The number of para-hydroxylation sites is 2. The molecule has 6 heteroatoms. The first-order valence-corrected chi connectivity index (χ1v) is 8.18. The highest BCUT2D eigenvalue weighted by Gasteiger charge is 2.32. The normalized spacial score (nSPS) is 14.6. The average molecular weight is 336 g/mol. The van der Waals surface area contributed by atoms with E-state index in [0.29, 0.717) is 11.5 Å². The molecule has 2 heterocycles. The zero-order valence-electron chi connectivity index (χ0n) is 13.5. The van der Waals surface area contributed by atoms with Gasteiger partial charge < -0.3 is 9.82 Å². The van der Waals surface area contributed by atoms with Crippen LogP contribution in [0.5, 0.6) is 0 Å². The second-order valence-corrected chi connectivity index (χ2v) is 6.06. The summed E-state index contributed by atoms with van der Waals surface area (Å²) in [7, 11) is 0. The van der Waals surface area contributed by atoms with Crippen molar-refractivity contribution in [3.05, 3.63) is 48.0 Å². The van der Waals surface area contributed by atoms with Crippen molar-refractivity contribution in [3.8, 4) is 0 Å². The lowest BCUT2D eigenvalue weighted by molar-refractivity contribution is -0.197. The van der Waals surface area contributed by atoms with Crippen molar-refractivity contribution in [1.82, 2.24) is 10.0 Å². The maximum absolute atomic E-state index is 12.0. The van der Waals surface area contributed by atoms with Gasteiger partial charge in [0.15, 0.2) is 0 Å². The average Bonchev–Trinajstić information content (AvgIpc) is 3.15. The molecule has 0 atom stereocenters. The van der Waals surface area contributed by atoms with Gasteiger partial charge in [-0.15, -0.1) is 5.06 Å². The third kappa shape index (κ3) is 2.76. The zero-order valence-corrected chi connectivity index (χ0v) is 13.5.